The molecule has 1 saturated heterocycles. The summed E-state index contributed by atoms with van der Waals surface area (Å²) < 4.78 is 39.4. The largest absolute Gasteiger partial charge is 0.372 e. The van der Waals surface area contributed by atoms with E-state index in [0.29, 0.717) is 0 Å². The monoisotopic (exact) mass is 475 g/mol. The summed E-state index contributed by atoms with van der Waals surface area (Å²) in [6.45, 7) is 6.40. The number of nitrogens with one attached hydrogen (secondary N) is 1. The Morgan fingerprint density at radius 2 is 1.79 bits per heavy atom. The highest BCUT2D eigenvalue weighted by atomic mass is 32.2. The Kier molecular flexibility index (Phi) is 8.35. The van der Waals surface area contributed by atoms with Gasteiger partial charge in [-0.25, -0.2) is 12.8 Å². The van der Waals surface area contributed by atoms with Crippen LogP contribution in [0.1, 0.15) is 51.1 Å². The number of hydrogen-bond acceptors (Lipinski definition) is 4. The molecule has 180 valence electrons. The molecule has 1 aliphatic rings. The number of benzene rings is 2. The van der Waals surface area contributed by atoms with Gasteiger partial charge in [-0.1, -0.05) is 31.2 Å². The molecule has 1 heterocycles. The minimum absolute atomic E-state index is 0.00275. The van der Waals surface area contributed by atoms with Gasteiger partial charge in [0, 0.05) is 31.7 Å². The van der Waals surface area contributed by atoms with Crippen molar-refractivity contribution in [2.45, 2.75) is 45.6 Å². The zero-order valence-electron chi connectivity index (χ0n) is 19.6. The lowest BCUT2D eigenvalue weighted by atomic mass is 9.98. The number of piperidine rings is 1. The van der Waals surface area contributed by atoms with Crippen molar-refractivity contribution in [3.8, 4) is 0 Å². The molecule has 2 aromatic rings. The number of carbonyl (C=O) groups excluding carboxylic acids is 1. The van der Waals surface area contributed by atoms with Crippen molar-refractivity contribution < 1.29 is 17.6 Å². The van der Waals surface area contributed by atoms with Gasteiger partial charge in [0.1, 0.15) is 5.82 Å². The van der Waals surface area contributed by atoms with Crippen LogP contribution in [0.15, 0.2) is 48.5 Å². The number of para-hydroxylation sites is 1. The summed E-state index contributed by atoms with van der Waals surface area (Å²) in [4.78, 5) is 14.8. The Morgan fingerprint density at radius 1 is 1.15 bits per heavy atom. The lowest BCUT2D eigenvalue weighted by molar-refractivity contribution is -0.121. The number of carbonyl (C=O) groups is 1. The average molecular weight is 476 g/mol. The van der Waals surface area contributed by atoms with E-state index < -0.39 is 15.8 Å². The van der Waals surface area contributed by atoms with E-state index in [4.69, 9.17) is 0 Å². The molecule has 0 radical (unpaired) electrons. The van der Waals surface area contributed by atoms with Gasteiger partial charge in [0.05, 0.1) is 18.0 Å². The first kappa shape index (κ1) is 25.0. The van der Waals surface area contributed by atoms with Crippen molar-refractivity contribution in [1.82, 2.24) is 5.32 Å². The van der Waals surface area contributed by atoms with Crippen LogP contribution in [0.25, 0.3) is 0 Å². The van der Waals surface area contributed by atoms with Gasteiger partial charge in [0.25, 0.3) is 0 Å². The summed E-state index contributed by atoms with van der Waals surface area (Å²) >= 11 is 0. The van der Waals surface area contributed by atoms with Crippen molar-refractivity contribution in [3.63, 3.8) is 0 Å². The number of rotatable bonds is 9. The molecule has 1 fully saturated rings. The van der Waals surface area contributed by atoms with E-state index in [1.54, 1.807) is 6.07 Å². The van der Waals surface area contributed by atoms with E-state index in [2.05, 4.69) is 29.3 Å². The molecule has 1 aliphatic heterocycles. The van der Waals surface area contributed by atoms with E-state index in [1.165, 1.54) is 36.7 Å². The van der Waals surface area contributed by atoms with E-state index >= 15 is 0 Å². The van der Waals surface area contributed by atoms with Gasteiger partial charge in [0.2, 0.25) is 15.9 Å². The minimum atomic E-state index is -3.66. The minimum Gasteiger partial charge on any atom is -0.372 e. The molecule has 0 aromatic heterocycles. The van der Waals surface area contributed by atoms with Gasteiger partial charge in [-0.2, -0.15) is 0 Å². The van der Waals surface area contributed by atoms with Crippen molar-refractivity contribution in [2.75, 3.05) is 35.1 Å². The van der Waals surface area contributed by atoms with Crippen LogP contribution in [0.5, 0.6) is 0 Å². The number of sulfonamides is 1. The smallest absolute Gasteiger partial charge is 0.232 e. The van der Waals surface area contributed by atoms with Crippen LogP contribution in [0.3, 0.4) is 0 Å². The van der Waals surface area contributed by atoms with E-state index in [-0.39, 0.29) is 37.0 Å². The fraction of sp³-hybridized carbons (Fsp3) is 0.480. The van der Waals surface area contributed by atoms with Crippen LogP contribution >= 0.6 is 0 Å². The lowest BCUT2D eigenvalue weighted by Gasteiger charge is -2.32. The molecule has 6 nitrogen and oxygen atoms in total. The highest BCUT2D eigenvalue weighted by Gasteiger charge is 2.21. The molecule has 1 atom stereocenters. The molecule has 8 heteroatoms. The van der Waals surface area contributed by atoms with Gasteiger partial charge >= 0.3 is 0 Å². The Morgan fingerprint density at radius 3 is 2.39 bits per heavy atom. The quantitative estimate of drug-likeness (QED) is 0.580. The molecule has 0 saturated carbocycles. The first-order chi connectivity index (χ1) is 15.6. The maximum Gasteiger partial charge on any atom is 0.232 e. The Labute approximate surface area is 196 Å². The molecule has 1 amide bonds. The molecular weight excluding hydrogens is 441 g/mol. The number of nitrogens with zero attached hydrogens (tertiary/aromatic N) is 2. The third-order valence-electron chi connectivity index (χ3n) is 6.21. The van der Waals surface area contributed by atoms with Crippen LogP contribution < -0.4 is 14.5 Å². The highest BCUT2D eigenvalue weighted by Crippen LogP contribution is 2.25. The van der Waals surface area contributed by atoms with Crippen molar-refractivity contribution in [1.29, 1.82) is 0 Å². The van der Waals surface area contributed by atoms with E-state index in [9.17, 15) is 17.6 Å². The molecule has 2 aromatic carbocycles. The Hall–Kier alpha value is -2.61. The maximum atomic E-state index is 14.1. The third-order valence-corrected chi connectivity index (χ3v) is 7.39. The van der Waals surface area contributed by atoms with Gasteiger partial charge in [-0.15, -0.1) is 0 Å². The summed E-state index contributed by atoms with van der Waals surface area (Å²) in [5, 5.41) is 2.97. The first-order valence-electron chi connectivity index (χ1n) is 11.5. The topological polar surface area (TPSA) is 69.7 Å². The van der Waals surface area contributed by atoms with Crippen molar-refractivity contribution >= 4 is 27.3 Å². The van der Waals surface area contributed by atoms with Crippen molar-refractivity contribution in [2.24, 2.45) is 5.92 Å². The van der Waals surface area contributed by atoms with Gasteiger partial charge in [-0.3, -0.25) is 9.10 Å². The summed E-state index contributed by atoms with van der Waals surface area (Å²) in [5.74, 6) is 0.00841. The van der Waals surface area contributed by atoms with E-state index in [0.717, 1.165) is 35.1 Å². The van der Waals surface area contributed by atoms with Gasteiger partial charge in [-0.05, 0) is 61.9 Å². The molecule has 1 unspecified atom stereocenters. The number of hydrogen-bond donors (Lipinski definition) is 1. The van der Waals surface area contributed by atoms with Crippen LogP contribution in [0.2, 0.25) is 0 Å². The Balaban J connectivity index is 1.51. The van der Waals surface area contributed by atoms with Gasteiger partial charge < -0.3 is 10.2 Å². The second-order valence-electron chi connectivity index (χ2n) is 8.94. The fourth-order valence-electron chi connectivity index (χ4n) is 4.14. The Bertz CT molecular complexity index is 1040. The third kappa shape index (κ3) is 6.93. The maximum absolute atomic E-state index is 14.1. The normalized spacial score (nSPS) is 15.8. The van der Waals surface area contributed by atoms with Gasteiger partial charge in [0.15, 0.2) is 0 Å². The van der Waals surface area contributed by atoms with Crippen LogP contribution in [0, 0.1) is 11.7 Å². The molecule has 3 rings (SSSR count). The summed E-state index contributed by atoms with van der Waals surface area (Å²) in [6.07, 6.45) is 3.89. The second-order valence-corrected chi connectivity index (χ2v) is 10.8. The summed E-state index contributed by atoms with van der Waals surface area (Å²) in [5.41, 5.74) is 2.22. The molecule has 0 aliphatic carbocycles. The molecule has 0 bridgehead atoms. The first-order valence-corrected chi connectivity index (χ1v) is 13.4. The van der Waals surface area contributed by atoms with Crippen LogP contribution in [0.4, 0.5) is 15.8 Å². The standard InChI is InChI=1S/C25H34FN3O3S/c1-19-14-17-28(18-15-19)22-12-10-21(11-13-22)20(2)27-25(30)9-6-16-29(33(3,31)32)24-8-5-4-7-23(24)26/h4-5,7-8,10-13,19-20H,6,9,14-18H2,1-3H3,(H,27,30). The fourth-order valence-corrected chi connectivity index (χ4v) is 5.11. The summed E-state index contributed by atoms with van der Waals surface area (Å²) in [7, 11) is -3.66. The SMILES string of the molecule is CC1CCN(c2ccc(C(C)NC(=O)CCCN(c3ccccc3F)S(C)(=O)=O)cc2)CC1. The second kappa shape index (κ2) is 11.0. The molecular formula is C25H34FN3O3S. The predicted octanol–water partition coefficient (Wildman–Crippen LogP) is 4.49. The number of anilines is 2. The number of amides is 1. The lowest BCUT2D eigenvalue weighted by Crippen LogP contribution is -2.33. The van der Waals surface area contributed by atoms with Crippen LogP contribution in [-0.4, -0.2) is 40.2 Å². The van der Waals surface area contributed by atoms with Crippen LogP contribution in [-0.2, 0) is 14.8 Å². The zero-order chi connectivity index (χ0) is 24.0. The number of halogens is 1. The van der Waals surface area contributed by atoms with E-state index in [1.807, 2.05) is 19.1 Å². The summed E-state index contributed by atoms with van der Waals surface area (Å²) in [6, 6.07) is 13.9. The zero-order valence-corrected chi connectivity index (χ0v) is 20.4. The predicted molar refractivity (Wildman–Crippen MR) is 131 cm³/mol. The molecule has 1 N–H and O–H groups in total. The highest BCUT2D eigenvalue weighted by molar-refractivity contribution is 7.92. The average Bonchev–Trinajstić information content (AvgIpc) is 2.77. The molecule has 0 spiro atoms. The molecule has 33 heavy (non-hydrogen) atoms. The van der Waals surface area contributed by atoms with Crippen molar-refractivity contribution in [3.05, 3.63) is 59.9 Å².